The van der Waals surface area contributed by atoms with Crippen molar-refractivity contribution in [2.45, 2.75) is 180 Å². The van der Waals surface area contributed by atoms with Crippen molar-refractivity contribution in [2.24, 2.45) is 5.73 Å². The summed E-state index contributed by atoms with van der Waals surface area (Å²) in [5.74, 6) is -0.332. The summed E-state index contributed by atoms with van der Waals surface area (Å²) in [4.78, 5) is 22.3. The van der Waals surface area contributed by atoms with Gasteiger partial charge in [0.2, 0.25) is 0 Å². The van der Waals surface area contributed by atoms with Crippen LogP contribution in [0.1, 0.15) is 174 Å². The second-order valence-electron chi connectivity index (χ2n) is 12.4. The van der Waals surface area contributed by atoms with Crippen molar-refractivity contribution in [2.75, 3.05) is 33.0 Å². The van der Waals surface area contributed by atoms with Crippen LogP contribution >= 0.6 is 7.82 Å². The molecule has 2 atom stereocenters. The lowest BCUT2D eigenvalue weighted by Crippen LogP contribution is -2.28. The molecule has 0 spiro atoms. The summed E-state index contributed by atoms with van der Waals surface area (Å²) >= 11 is 0. The Hall–Kier alpha value is -0.760. The molecule has 0 bridgehead atoms. The molecule has 0 radical (unpaired) electrons. The SMILES string of the molecule is CCCCC/C=C\CCCCCCCCOCC(COP(=O)(O)OCCN)OC(=O)CCCCCCCCCCCCCCC. The predicted octanol–water partition coefficient (Wildman–Crippen LogP) is 10.4. The quantitative estimate of drug-likeness (QED) is 0.0295. The molecule has 0 saturated heterocycles. The van der Waals surface area contributed by atoms with Gasteiger partial charge < -0.3 is 20.1 Å². The number of phosphoric acid groups is 1. The molecule has 0 heterocycles. The molecule has 0 saturated carbocycles. The lowest BCUT2D eigenvalue weighted by atomic mass is 10.0. The number of hydrogen-bond donors (Lipinski definition) is 2. The molecule has 0 amide bonds. The number of nitrogens with two attached hydrogens (primary N) is 1. The molecule has 0 aromatic heterocycles. The highest BCUT2D eigenvalue weighted by atomic mass is 31.2. The second kappa shape index (κ2) is 34.6. The van der Waals surface area contributed by atoms with Gasteiger partial charge >= 0.3 is 13.8 Å². The lowest BCUT2D eigenvalue weighted by Gasteiger charge is -2.20. The predicted molar refractivity (Wildman–Crippen MR) is 187 cm³/mol. The first kappa shape index (κ1) is 44.2. The molecule has 0 aromatic rings. The molecule has 0 aliphatic rings. The van der Waals surface area contributed by atoms with Crippen molar-refractivity contribution in [1.82, 2.24) is 0 Å². The molecule has 9 heteroatoms. The first-order chi connectivity index (χ1) is 21.9. The summed E-state index contributed by atoms with van der Waals surface area (Å²) < 4.78 is 33.3. The third-order valence-corrected chi connectivity index (χ3v) is 8.92. The molecular formula is C36H72NO7P. The molecule has 0 aliphatic carbocycles. The highest BCUT2D eigenvalue weighted by molar-refractivity contribution is 7.47. The van der Waals surface area contributed by atoms with Crippen LogP contribution < -0.4 is 5.73 Å². The third-order valence-electron chi connectivity index (χ3n) is 7.93. The largest absolute Gasteiger partial charge is 0.472 e. The summed E-state index contributed by atoms with van der Waals surface area (Å²) in [6, 6.07) is 0. The van der Waals surface area contributed by atoms with Crippen LogP contribution in [0.25, 0.3) is 0 Å². The highest BCUT2D eigenvalue weighted by Gasteiger charge is 2.25. The van der Waals surface area contributed by atoms with Crippen molar-refractivity contribution >= 4 is 13.8 Å². The minimum Gasteiger partial charge on any atom is -0.457 e. The summed E-state index contributed by atoms with van der Waals surface area (Å²) in [5, 5.41) is 0. The molecule has 8 nitrogen and oxygen atoms in total. The molecule has 3 N–H and O–H groups in total. The van der Waals surface area contributed by atoms with Gasteiger partial charge in [0.1, 0.15) is 6.10 Å². The molecule has 45 heavy (non-hydrogen) atoms. The fourth-order valence-corrected chi connectivity index (χ4v) is 5.93. The first-order valence-corrected chi connectivity index (χ1v) is 20.2. The van der Waals surface area contributed by atoms with Gasteiger partial charge in [0.15, 0.2) is 0 Å². The van der Waals surface area contributed by atoms with E-state index in [1.54, 1.807) is 0 Å². The minimum absolute atomic E-state index is 0.0937. The first-order valence-electron chi connectivity index (χ1n) is 18.7. The number of hydrogen-bond acceptors (Lipinski definition) is 7. The van der Waals surface area contributed by atoms with Crippen molar-refractivity contribution in [3.05, 3.63) is 12.2 Å². The van der Waals surface area contributed by atoms with E-state index in [4.69, 9.17) is 24.3 Å². The number of esters is 1. The minimum atomic E-state index is -4.26. The number of phosphoric ester groups is 1. The Morgan fingerprint density at radius 1 is 0.644 bits per heavy atom. The lowest BCUT2D eigenvalue weighted by molar-refractivity contribution is -0.154. The molecule has 0 aromatic carbocycles. The van der Waals surface area contributed by atoms with Crippen molar-refractivity contribution in [3.8, 4) is 0 Å². The zero-order valence-electron chi connectivity index (χ0n) is 29.4. The number of carbonyl (C=O) groups is 1. The van der Waals surface area contributed by atoms with Gasteiger partial charge in [0, 0.05) is 19.6 Å². The number of unbranched alkanes of at least 4 members (excludes halogenated alkanes) is 21. The van der Waals surface area contributed by atoms with Gasteiger partial charge in [-0.1, -0.05) is 142 Å². The Morgan fingerprint density at radius 3 is 1.67 bits per heavy atom. The van der Waals surface area contributed by atoms with E-state index in [9.17, 15) is 14.3 Å². The van der Waals surface area contributed by atoms with E-state index in [-0.39, 0.29) is 32.3 Å². The topological polar surface area (TPSA) is 117 Å². The zero-order valence-corrected chi connectivity index (χ0v) is 30.3. The van der Waals surface area contributed by atoms with Crippen molar-refractivity contribution < 1.29 is 32.8 Å². The Bertz CT molecular complexity index is 707. The van der Waals surface area contributed by atoms with Gasteiger partial charge in [-0.3, -0.25) is 13.8 Å². The summed E-state index contributed by atoms with van der Waals surface area (Å²) in [6.45, 7) is 4.90. The van der Waals surface area contributed by atoms with Crippen molar-refractivity contribution in [1.29, 1.82) is 0 Å². The van der Waals surface area contributed by atoms with Gasteiger partial charge in [-0.15, -0.1) is 0 Å². The molecule has 0 rings (SSSR count). The number of carbonyl (C=O) groups excluding carboxylic acids is 1. The summed E-state index contributed by atoms with van der Waals surface area (Å²) in [6.07, 6.45) is 33.6. The Morgan fingerprint density at radius 2 is 1.11 bits per heavy atom. The van der Waals surface area contributed by atoms with Crippen LogP contribution in [0.15, 0.2) is 12.2 Å². The monoisotopic (exact) mass is 662 g/mol. The fourth-order valence-electron chi connectivity index (χ4n) is 5.17. The van der Waals surface area contributed by atoms with Crippen LogP contribution in [0.3, 0.4) is 0 Å². The van der Waals surface area contributed by atoms with Gasteiger partial charge in [-0.2, -0.15) is 0 Å². The summed E-state index contributed by atoms with van der Waals surface area (Å²) in [5.41, 5.74) is 5.35. The highest BCUT2D eigenvalue weighted by Crippen LogP contribution is 2.43. The Labute approximate surface area is 277 Å². The molecule has 268 valence electrons. The van der Waals surface area contributed by atoms with Crippen LogP contribution in [0.4, 0.5) is 0 Å². The third kappa shape index (κ3) is 34.4. The maximum Gasteiger partial charge on any atom is 0.472 e. The summed E-state index contributed by atoms with van der Waals surface area (Å²) in [7, 11) is -4.26. The Kier molecular flexibility index (Phi) is 34.0. The van der Waals surface area contributed by atoms with Gasteiger partial charge in [-0.25, -0.2) is 4.57 Å². The van der Waals surface area contributed by atoms with E-state index in [1.807, 2.05) is 0 Å². The standard InChI is InChI=1S/C36H72NO7P/c1-3-5-7-9-11-13-15-17-19-21-23-25-27-29-36(38)44-35(34-43-45(39,40)42-32-30-37)33-41-31-28-26-24-22-20-18-16-14-12-10-8-6-4-2/h12,14,35H,3-11,13,15-34,37H2,1-2H3,(H,39,40)/b14-12-. The fraction of sp³-hybridized carbons (Fsp3) is 0.917. The van der Waals surface area contributed by atoms with Crippen LogP contribution in [0.5, 0.6) is 0 Å². The van der Waals surface area contributed by atoms with E-state index in [0.29, 0.717) is 13.0 Å². The smallest absolute Gasteiger partial charge is 0.457 e. The van der Waals surface area contributed by atoms with Crippen LogP contribution in [0.2, 0.25) is 0 Å². The maximum atomic E-state index is 12.5. The van der Waals surface area contributed by atoms with Crippen molar-refractivity contribution in [3.63, 3.8) is 0 Å². The van der Waals surface area contributed by atoms with Crippen LogP contribution in [0, 0.1) is 0 Å². The average Bonchev–Trinajstić information content (AvgIpc) is 3.02. The zero-order chi connectivity index (χ0) is 33.1. The number of rotatable bonds is 36. The van der Waals surface area contributed by atoms with Crippen LogP contribution in [-0.2, 0) is 27.9 Å². The molecule has 2 unspecified atom stereocenters. The number of ether oxygens (including phenoxy) is 2. The maximum absolute atomic E-state index is 12.5. The van der Waals surface area contributed by atoms with E-state index < -0.39 is 13.9 Å². The van der Waals surface area contributed by atoms with E-state index in [0.717, 1.165) is 32.1 Å². The van der Waals surface area contributed by atoms with Gasteiger partial charge in [-0.05, 0) is 38.5 Å². The molecule has 0 aliphatic heterocycles. The normalized spacial score (nSPS) is 13.8. The van der Waals surface area contributed by atoms with E-state index >= 15 is 0 Å². The average molecular weight is 662 g/mol. The Balaban J connectivity index is 4.09. The van der Waals surface area contributed by atoms with E-state index in [1.165, 1.54) is 122 Å². The van der Waals surface area contributed by atoms with E-state index in [2.05, 4.69) is 26.0 Å². The molecular weight excluding hydrogens is 589 g/mol. The van der Waals surface area contributed by atoms with Gasteiger partial charge in [0.05, 0.1) is 19.8 Å². The second-order valence-corrected chi connectivity index (χ2v) is 13.9. The van der Waals surface area contributed by atoms with Crippen LogP contribution in [-0.4, -0.2) is 49.9 Å². The molecule has 0 fully saturated rings. The van der Waals surface area contributed by atoms with Gasteiger partial charge in [0.25, 0.3) is 0 Å². The number of allylic oxidation sites excluding steroid dienone is 2.